The summed E-state index contributed by atoms with van der Waals surface area (Å²) >= 11 is 0. The maximum Gasteiger partial charge on any atom is 0.268 e. The molecule has 0 bridgehead atoms. The average molecular weight is 420 g/mol. The second-order valence-electron chi connectivity index (χ2n) is 7.52. The summed E-state index contributed by atoms with van der Waals surface area (Å²) in [5.41, 5.74) is 3.94. The van der Waals surface area contributed by atoms with E-state index in [9.17, 15) is 8.42 Å². The van der Waals surface area contributed by atoms with Gasteiger partial charge in [-0.2, -0.15) is 0 Å². The maximum atomic E-state index is 13.5. The molecule has 5 heteroatoms. The van der Waals surface area contributed by atoms with E-state index < -0.39 is 10.0 Å². The van der Waals surface area contributed by atoms with Gasteiger partial charge in [-0.1, -0.05) is 48.0 Å². The summed E-state index contributed by atoms with van der Waals surface area (Å²) in [5, 5.41) is 0. The first-order chi connectivity index (χ1) is 14.5. The number of aryl methyl sites for hydroxylation is 1. The van der Waals surface area contributed by atoms with Crippen LogP contribution < -0.4 is 9.04 Å². The Bertz CT molecular complexity index is 1140. The lowest BCUT2D eigenvalue weighted by Crippen LogP contribution is -2.28. The monoisotopic (exact) mass is 419 g/mol. The molecule has 0 unspecified atom stereocenters. The molecule has 0 heterocycles. The van der Waals surface area contributed by atoms with Crippen LogP contribution in [0.3, 0.4) is 0 Å². The van der Waals surface area contributed by atoms with Crippen molar-refractivity contribution < 1.29 is 13.2 Å². The third-order valence-electron chi connectivity index (χ3n) is 5.56. The summed E-state index contributed by atoms with van der Waals surface area (Å²) in [6.07, 6.45) is 3.69. The molecule has 1 atom stereocenters. The lowest BCUT2D eigenvalue weighted by Gasteiger charge is -2.33. The second kappa shape index (κ2) is 8.36. The number of nitrogens with zero attached hydrogens (tertiary/aromatic N) is 1. The molecule has 1 saturated carbocycles. The number of para-hydroxylation sites is 1. The third-order valence-corrected chi connectivity index (χ3v) is 7.26. The fourth-order valence-electron chi connectivity index (χ4n) is 3.66. The van der Waals surface area contributed by atoms with Gasteiger partial charge >= 0.3 is 0 Å². The molecule has 0 radical (unpaired) electrons. The van der Waals surface area contributed by atoms with E-state index in [0.29, 0.717) is 5.69 Å². The highest BCUT2D eigenvalue weighted by Crippen LogP contribution is 2.43. The first kappa shape index (κ1) is 20.2. The normalized spacial score (nSPS) is 17.4. The summed E-state index contributed by atoms with van der Waals surface area (Å²) in [7, 11) is -2.07. The molecule has 3 aromatic rings. The van der Waals surface area contributed by atoms with E-state index in [1.165, 1.54) is 9.87 Å². The predicted molar refractivity (Wildman–Crippen MR) is 120 cm³/mol. The highest BCUT2D eigenvalue weighted by molar-refractivity contribution is 7.93. The van der Waals surface area contributed by atoms with Gasteiger partial charge in [0.2, 0.25) is 0 Å². The quantitative estimate of drug-likeness (QED) is 0.518. The molecule has 0 saturated heterocycles. The van der Waals surface area contributed by atoms with Crippen LogP contribution in [0.25, 0.3) is 0 Å². The first-order valence-corrected chi connectivity index (χ1v) is 11.4. The molecule has 0 aliphatic heterocycles. The van der Waals surface area contributed by atoms with Gasteiger partial charge in [0.15, 0.2) is 0 Å². The Hall–Kier alpha value is -3.05. The van der Waals surface area contributed by atoms with Crippen molar-refractivity contribution in [1.82, 2.24) is 0 Å². The minimum atomic E-state index is -3.72. The number of methoxy groups -OCH3 is 1. The molecule has 0 aromatic heterocycles. The van der Waals surface area contributed by atoms with Crippen LogP contribution in [0.2, 0.25) is 0 Å². The molecule has 154 valence electrons. The molecular formula is C25H25NO3S. The SMILES string of the molecule is COc1ccc([C@H]2CC/C2=C/N(c2ccccc2)S(=O)(=O)c2ccc(C)cc2)cc1. The topological polar surface area (TPSA) is 46.6 Å². The van der Waals surface area contributed by atoms with Crippen LogP contribution in [0.15, 0.2) is 95.5 Å². The van der Waals surface area contributed by atoms with E-state index in [1.807, 2.05) is 67.7 Å². The van der Waals surface area contributed by atoms with E-state index in [2.05, 4.69) is 12.1 Å². The summed E-state index contributed by atoms with van der Waals surface area (Å²) < 4.78 is 33.7. The minimum absolute atomic E-state index is 0.218. The van der Waals surface area contributed by atoms with Crippen molar-refractivity contribution in [3.63, 3.8) is 0 Å². The molecular weight excluding hydrogens is 394 g/mol. The number of ether oxygens (including phenoxy) is 1. The number of allylic oxidation sites excluding steroid dienone is 1. The highest BCUT2D eigenvalue weighted by Gasteiger charge is 2.30. The van der Waals surface area contributed by atoms with Gasteiger partial charge in [0.1, 0.15) is 5.75 Å². The average Bonchev–Trinajstić information content (AvgIpc) is 2.74. The van der Waals surface area contributed by atoms with Crippen LogP contribution in [-0.4, -0.2) is 15.5 Å². The number of sulfonamides is 1. The van der Waals surface area contributed by atoms with E-state index in [-0.39, 0.29) is 10.8 Å². The fraction of sp³-hybridized carbons (Fsp3) is 0.200. The van der Waals surface area contributed by atoms with Gasteiger partial charge in [-0.15, -0.1) is 0 Å². The number of rotatable bonds is 6. The van der Waals surface area contributed by atoms with Gasteiger partial charge in [0.25, 0.3) is 10.0 Å². The Kier molecular flexibility index (Phi) is 5.64. The largest absolute Gasteiger partial charge is 0.497 e. The van der Waals surface area contributed by atoms with Crippen LogP contribution >= 0.6 is 0 Å². The zero-order valence-corrected chi connectivity index (χ0v) is 18.0. The molecule has 1 aliphatic rings. The Morgan fingerprint density at radius 1 is 0.933 bits per heavy atom. The van der Waals surface area contributed by atoms with E-state index in [1.54, 1.807) is 19.2 Å². The van der Waals surface area contributed by atoms with Crippen LogP contribution in [0, 0.1) is 6.92 Å². The molecule has 0 spiro atoms. The van der Waals surface area contributed by atoms with Gasteiger partial charge < -0.3 is 4.74 Å². The fourth-order valence-corrected chi connectivity index (χ4v) is 5.04. The molecule has 3 aromatic carbocycles. The van der Waals surface area contributed by atoms with Crippen molar-refractivity contribution in [3.05, 3.63) is 102 Å². The van der Waals surface area contributed by atoms with Gasteiger partial charge in [-0.25, -0.2) is 12.7 Å². The summed E-state index contributed by atoms with van der Waals surface area (Å²) in [6.45, 7) is 1.95. The smallest absolute Gasteiger partial charge is 0.268 e. The molecule has 0 N–H and O–H groups in total. The molecule has 30 heavy (non-hydrogen) atoms. The van der Waals surface area contributed by atoms with Gasteiger partial charge in [-0.05, 0) is 67.3 Å². The highest BCUT2D eigenvalue weighted by atomic mass is 32.2. The standard InChI is InChI=1S/C25H25NO3S/c1-19-8-15-24(16-9-19)30(27,28)26(22-6-4-3-5-7-22)18-21-12-17-25(21)20-10-13-23(29-2)14-11-20/h3-11,13-16,18,25H,12,17H2,1-2H3/b21-18-/t25-/m1/s1. The predicted octanol–water partition coefficient (Wildman–Crippen LogP) is 5.66. The number of anilines is 1. The van der Waals surface area contributed by atoms with Crippen molar-refractivity contribution in [1.29, 1.82) is 0 Å². The van der Waals surface area contributed by atoms with E-state index in [0.717, 1.165) is 29.7 Å². The first-order valence-electron chi connectivity index (χ1n) is 10.00. The van der Waals surface area contributed by atoms with Crippen molar-refractivity contribution in [2.75, 3.05) is 11.4 Å². The van der Waals surface area contributed by atoms with E-state index in [4.69, 9.17) is 4.74 Å². The molecule has 4 rings (SSSR count). The second-order valence-corrected chi connectivity index (χ2v) is 9.33. The Labute approximate surface area is 178 Å². The van der Waals surface area contributed by atoms with Crippen molar-refractivity contribution in [2.45, 2.75) is 30.6 Å². The zero-order valence-electron chi connectivity index (χ0n) is 17.2. The Morgan fingerprint density at radius 3 is 2.17 bits per heavy atom. The maximum absolute atomic E-state index is 13.5. The summed E-state index contributed by atoms with van der Waals surface area (Å²) in [4.78, 5) is 0.286. The van der Waals surface area contributed by atoms with Crippen LogP contribution in [0.5, 0.6) is 5.75 Å². The summed E-state index contributed by atoms with van der Waals surface area (Å²) in [6, 6.07) is 24.2. The Balaban J connectivity index is 1.72. The van der Waals surface area contributed by atoms with Crippen molar-refractivity contribution >= 4 is 15.7 Å². The zero-order chi connectivity index (χ0) is 21.1. The lowest BCUT2D eigenvalue weighted by atomic mass is 9.75. The number of hydrogen-bond acceptors (Lipinski definition) is 3. The number of hydrogen-bond donors (Lipinski definition) is 0. The van der Waals surface area contributed by atoms with E-state index >= 15 is 0 Å². The molecule has 4 nitrogen and oxygen atoms in total. The van der Waals surface area contributed by atoms with Gasteiger partial charge in [0, 0.05) is 12.1 Å². The number of benzene rings is 3. The summed E-state index contributed by atoms with van der Waals surface area (Å²) in [5.74, 6) is 1.03. The van der Waals surface area contributed by atoms with Gasteiger partial charge in [-0.3, -0.25) is 0 Å². The van der Waals surface area contributed by atoms with Crippen molar-refractivity contribution in [3.8, 4) is 5.75 Å². The third kappa shape index (κ3) is 3.98. The van der Waals surface area contributed by atoms with Crippen LogP contribution in [0.1, 0.15) is 29.9 Å². The van der Waals surface area contributed by atoms with Crippen LogP contribution in [-0.2, 0) is 10.0 Å². The molecule has 1 fully saturated rings. The lowest BCUT2D eigenvalue weighted by molar-refractivity contribution is 0.414. The van der Waals surface area contributed by atoms with Crippen LogP contribution in [0.4, 0.5) is 5.69 Å². The Morgan fingerprint density at radius 2 is 1.60 bits per heavy atom. The molecule has 1 aliphatic carbocycles. The van der Waals surface area contributed by atoms with Gasteiger partial charge in [0.05, 0.1) is 17.7 Å². The van der Waals surface area contributed by atoms with Crippen molar-refractivity contribution in [2.24, 2.45) is 0 Å². The molecule has 0 amide bonds. The minimum Gasteiger partial charge on any atom is -0.497 e.